The Morgan fingerprint density at radius 2 is 1.74 bits per heavy atom. The van der Waals surface area contributed by atoms with Gasteiger partial charge < -0.3 is 11.1 Å². The molecule has 0 aliphatic heterocycles. The average molecular weight is 271 g/mol. The minimum Gasteiger partial charge on any atom is -0.383 e. The zero-order chi connectivity index (χ0) is 13.2. The van der Waals surface area contributed by atoms with Crippen LogP contribution in [0.15, 0.2) is 48.5 Å². The Morgan fingerprint density at radius 3 is 2.53 bits per heavy atom. The van der Waals surface area contributed by atoms with E-state index in [9.17, 15) is 0 Å². The lowest BCUT2D eigenvalue weighted by molar-refractivity contribution is 1.22. The summed E-state index contributed by atoms with van der Waals surface area (Å²) in [7, 11) is 0. The van der Waals surface area contributed by atoms with Crippen LogP contribution in [0.1, 0.15) is 0 Å². The molecule has 0 atom stereocenters. The zero-order valence-corrected chi connectivity index (χ0v) is 10.7. The number of benzene rings is 2. The van der Waals surface area contributed by atoms with E-state index in [-0.39, 0.29) is 0 Å². The van der Waals surface area contributed by atoms with Gasteiger partial charge in [-0.1, -0.05) is 35.9 Å². The first-order chi connectivity index (χ1) is 9.24. The molecule has 0 saturated carbocycles. The molecule has 0 aliphatic carbocycles. The predicted molar refractivity (Wildman–Crippen MR) is 78.7 cm³/mol. The van der Waals surface area contributed by atoms with Gasteiger partial charge in [0.05, 0.1) is 15.9 Å². The van der Waals surface area contributed by atoms with Crippen molar-refractivity contribution in [1.29, 1.82) is 0 Å². The SMILES string of the molecule is Nc1nc(Nc2ccccc2)nc2cccc(Cl)c12. The molecule has 19 heavy (non-hydrogen) atoms. The van der Waals surface area contributed by atoms with Crippen molar-refractivity contribution in [3.63, 3.8) is 0 Å². The fourth-order valence-electron chi connectivity index (χ4n) is 1.88. The largest absolute Gasteiger partial charge is 0.383 e. The minimum atomic E-state index is 0.369. The van der Waals surface area contributed by atoms with Crippen molar-refractivity contribution in [2.75, 3.05) is 11.1 Å². The lowest BCUT2D eigenvalue weighted by atomic mass is 10.2. The quantitative estimate of drug-likeness (QED) is 0.747. The van der Waals surface area contributed by atoms with Crippen molar-refractivity contribution < 1.29 is 0 Å². The van der Waals surface area contributed by atoms with Crippen LogP contribution in [0.2, 0.25) is 5.02 Å². The van der Waals surface area contributed by atoms with Crippen molar-refractivity contribution in [1.82, 2.24) is 9.97 Å². The Hall–Kier alpha value is -2.33. The average Bonchev–Trinajstić information content (AvgIpc) is 2.39. The third-order valence-electron chi connectivity index (χ3n) is 2.73. The summed E-state index contributed by atoms with van der Waals surface area (Å²) in [5, 5.41) is 4.35. The third-order valence-corrected chi connectivity index (χ3v) is 3.05. The summed E-state index contributed by atoms with van der Waals surface area (Å²) in [6.07, 6.45) is 0. The fourth-order valence-corrected chi connectivity index (χ4v) is 2.14. The number of nitrogen functional groups attached to an aromatic ring is 1. The number of fused-ring (bicyclic) bond motifs is 1. The Balaban J connectivity index is 2.07. The van der Waals surface area contributed by atoms with Crippen molar-refractivity contribution in [2.45, 2.75) is 0 Å². The number of nitrogens with zero attached hydrogens (tertiary/aromatic N) is 2. The van der Waals surface area contributed by atoms with E-state index in [1.54, 1.807) is 6.07 Å². The second-order valence-electron chi connectivity index (χ2n) is 4.06. The lowest BCUT2D eigenvalue weighted by Crippen LogP contribution is -2.01. The Kier molecular flexibility index (Phi) is 2.93. The van der Waals surface area contributed by atoms with Crippen LogP contribution in [0.5, 0.6) is 0 Å². The summed E-state index contributed by atoms with van der Waals surface area (Å²) in [5.41, 5.74) is 7.56. The van der Waals surface area contributed by atoms with Gasteiger partial charge in [0.2, 0.25) is 5.95 Å². The van der Waals surface area contributed by atoms with Crippen LogP contribution in [-0.4, -0.2) is 9.97 Å². The van der Waals surface area contributed by atoms with Gasteiger partial charge in [-0.3, -0.25) is 0 Å². The highest BCUT2D eigenvalue weighted by molar-refractivity contribution is 6.36. The molecule has 5 heteroatoms. The van der Waals surface area contributed by atoms with E-state index in [2.05, 4.69) is 15.3 Å². The van der Waals surface area contributed by atoms with Gasteiger partial charge in [-0.05, 0) is 24.3 Å². The molecule has 1 aromatic heterocycles. The molecule has 0 saturated heterocycles. The number of nitrogens with two attached hydrogens (primary N) is 1. The first kappa shape index (κ1) is 11.7. The number of anilines is 3. The van der Waals surface area contributed by atoms with Gasteiger partial charge in [-0.2, -0.15) is 4.98 Å². The summed E-state index contributed by atoms with van der Waals surface area (Å²) in [4.78, 5) is 8.63. The van der Waals surface area contributed by atoms with Crippen LogP contribution in [0.3, 0.4) is 0 Å². The summed E-state index contributed by atoms with van der Waals surface area (Å²) in [6, 6.07) is 15.1. The molecule has 4 nitrogen and oxygen atoms in total. The fraction of sp³-hybridized carbons (Fsp3) is 0. The van der Waals surface area contributed by atoms with Crippen LogP contribution < -0.4 is 11.1 Å². The molecule has 0 bridgehead atoms. The number of para-hydroxylation sites is 1. The number of aromatic nitrogens is 2. The Morgan fingerprint density at radius 1 is 0.947 bits per heavy atom. The van der Waals surface area contributed by atoms with Crippen LogP contribution in [0, 0.1) is 0 Å². The van der Waals surface area contributed by atoms with Gasteiger partial charge in [0.1, 0.15) is 5.82 Å². The maximum absolute atomic E-state index is 6.09. The summed E-state index contributed by atoms with van der Waals surface area (Å²) in [5.74, 6) is 0.826. The molecule has 94 valence electrons. The number of hydrogen-bond donors (Lipinski definition) is 2. The minimum absolute atomic E-state index is 0.369. The summed E-state index contributed by atoms with van der Waals surface area (Å²) >= 11 is 6.09. The lowest BCUT2D eigenvalue weighted by Gasteiger charge is -2.08. The molecular weight excluding hydrogens is 260 g/mol. The third kappa shape index (κ3) is 2.30. The molecule has 1 heterocycles. The molecule has 0 unspecified atom stereocenters. The number of rotatable bonds is 2. The highest BCUT2D eigenvalue weighted by Crippen LogP contribution is 2.27. The summed E-state index contributed by atoms with van der Waals surface area (Å²) in [6.45, 7) is 0. The number of hydrogen-bond acceptors (Lipinski definition) is 4. The number of halogens is 1. The number of nitrogens with one attached hydrogen (secondary N) is 1. The molecule has 0 radical (unpaired) electrons. The van der Waals surface area contributed by atoms with E-state index in [0.29, 0.717) is 22.2 Å². The monoisotopic (exact) mass is 270 g/mol. The van der Waals surface area contributed by atoms with Gasteiger partial charge in [0.15, 0.2) is 0 Å². The normalized spacial score (nSPS) is 10.6. The molecule has 0 amide bonds. The van der Waals surface area contributed by atoms with E-state index >= 15 is 0 Å². The van der Waals surface area contributed by atoms with E-state index in [1.165, 1.54) is 0 Å². The van der Waals surface area contributed by atoms with Gasteiger partial charge in [0.25, 0.3) is 0 Å². The molecular formula is C14H11ClN4. The zero-order valence-electron chi connectivity index (χ0n) is 9.97. The molecule has 3 aromatic rings. The van der Waals surface area contributed by atoms with Crippen molar-refractivity contribution in [2.24, 2.45) is 0 Å². The van der Waals surface area contributed by atoms with Gasteiger partial charge >= 0.3 is 0 Å². The van der Waals surface area contributed by atoms with Gasteiger partial charge in [0, 0.05) is 5.69 Å². The van der Waals surface area contributed by atoms with E-state index < -0.39 is 0 Å². The topological polar surface area (TPSA) is 63.8 Å². The molecule has 0 fully saturated rings. The Labute approximate surface area is 115 Å². The molecule has 3 N–H and O–H groups in total. The van der Waals surface area contributed by atoms with E-state index in [0.717, 1.165) is 11.2 Å². The van der Waals surface area contributed by atoms with Crippen molar-refractivity contribution in [3.8, 4) is 0 Å². The first-order valence-electron chi connectivity index (χ1n) is 5.78. The smallest absolute Gasteiger partial charge is 0.229 e. The van der Waals surface area contributed by atoms with Gasteiger partial charge in [-0.25, -0.2) is 4.98 Å². The molecule has 3 rings (SSSR count). The van der Waals surface area contributed by atoms with Crippen LogP contribution in [0.25, 0.3) is 10.9 Å². The highest BCUT2D eigenvalue weighted by atomic mass is 35.5. The van der Waals surface area contributed by atoms with Gasteiger partial charge in [-0.15, -0.1) is 0 Å². The van der Waals surface area contributed by atoms with Crippen molar-refractivity contribution >= 4 is 40.0 Å². The second kappa shape index (κ2) is 4.74. The van der Waals surface area contributed by atoms with Crippen LogP contribution >= 0.6 is 11.6 Å². The molecule has 0 spiro atoms. The Bertz CT molecular complexity index is 728. The summed E-state index contributed by atoms with van der Waals surface area (Å²) < 4.78 is 0. The highest BCUT2D eigenvalue weighted by Gasteiger charge is 2.08. The van der Waals surface area contributed by atoms with Crippen molar-refractivity contribution in [3.05, 3.63) is 53.6 Å². The molecule has 2 aromatic carbocycles. The standard InChI is InChI=1S/C14H11ClN4/c15-10-7-4-8-11-12(10)13(16)19-14(18-11)17-9-5-2-1-3-6-9/h1-8H,(H3,16,17,18,19). The van der Waals surface area contributed by atoms with Crippen LogP contribution in [0.4, 0.5) is 17.5 Å². The maximum atomic E-state index is 6.09. The van der Waals surface area contributed by atoms with E-state index in [4.69, 9.17) is 17.3 Å². The first-order valence-corrected chi connectivity index (χ1v) is 6.15. The van der Waals surface area contributed by atoms with Crippen LogP contribution in [-0.2, 0) is 0 Å². The second-order valence-corrected chi connectivity index (χ2v) is 4.46. The maximum Gasteiger partial charge on any atom is 0.229 e. The van der Waals surface area contributed by atoms with E-state index in [1.807, 2.05) is 42.5 Å². The molecule has 0 aliphatic rings. The predicted octanol–water partition coefficient (Wildman–Crippen LogP) is 3.61.